The normalized spacial score (nSPS) is 20.9. The van der Waals surface area contributed by atoms with Crippen LogP contribution in [0, 0.1) is 11.8 Å². The van der Waals surface area contributed by atoms with E-state index in [1.165, 1.54) is 4.90 Å². The molecule has 0 unspecified atom stereocenters. The second-order valence-electron chi connectivity index (χ2n) is 7.47. The number of rotatable bonds is 4. The number of hydrogen-bond donors (Lipinski definition) is 1. The number of carbonyl (C=O) groups excluding carboxylic acids is 1. The number of ether oxygens (including phenoxy) is 2. The number of nitrogens with zero attached hydrogens (tertiary/aromatic N) is 1. The van der Waals surface area contributed by atoms with Crippen LogP contribution in [-0.2, 0) is 16.0 Å². The minimum Gasteiger partial charge on any atom is -0.497 e. The highest BCUT2D eigenvalue weighted by Gasteiger charge is 2.37. The molecule has 2 atom stereocenters. The molecule has 138 valence electrons. The zero-order valence-corrected chi connectivity index (χ0v) is 15.3. The molecule has 1 fully saturated rings. The third-order valence-electron chi connectivity index (χ3n) is 4.38. The average molecular weight is 349 g/mol. The van der Waals surface area contributed by atoms with E-state index < -0.39 is 23.6 Å². The van der Waals surface area contributed by atoms with Gasteiger partial charge in [0.1, 0.15) is 11.4 Å². The highest BCUT2D eigenvalue weighted by atomic mass is 16.6. The van der Waals surface area contributed by atoms with Gasteiger partial charge < -0.3 is 19.5 Å². The molecule has 1 aliphatic heterocycles. The monoisotopic (exact) mass is 349 g/mol. The van der Waals surface area contributed by atoms with Gasteiger partial charge in [-0.2, -0.15) is 0 Å². The Morgan fingerprint density at radius 3 is 2.40 bits per heavy atom. The van der Waals surface area contributed by atoms with E-state index in [2.05, 4.69) is 0 Å². The van der Waals surface area contributed by atoms with Crippen LogP contribution in [0.3, 0.4) is 0 Å². The fourth-order valence-electron chi connectivity index (χ4n) is 3.08. The van der Waals surface area contributed by atoms with Gasteiger partial charge in [-0.1, -0.05) is 12.1 Å². The van der Waals surface area contributed by atoms with Crippen molar-refractivity contribution < 1.29 is 24.2 Å². The molecule has 0 aliphatic carbocycles. The van der Waals surface area contributed by atoms with E-state index in [1.54, 1.807) is 27.9 Å². The molecule has 0 spiro atoms. The SMILES string of the molecule is COc1ccc(C[C@@H]2CCN(C(=O)OC(C)(C)C)C[C@@H]2C(=O)O)cc1. The summed E-state index contributed by atoms with van der Waals surface area (Å²) in [5.41, 5.74) is 0.484. The van der Waals surface area contributed by atoms with Gasteiger partial charge in [0.25, 0.3) is 0 Å². The van der Waals surface area contributed by atoms with Crippen LogP contribution in [-0.4, -0.2) is 47.9 Å². The second-order valence-corrected chi connectivity index (χ2v) is 7.47. The van der Waals surface area contributed by atoms with E-state index in [0.717, 1.165) is 11.3 Å². The van der Waals surface area contributed by atoms with E-state index >= 15 is 0 Å². The zero-order chi connectivity index (χ0) is 18.6. The van der Waals surface area contributed by atoms with E-state index in [1.807, 2.05) is 24.3 Å². The third kappa shape index (κ3) is 5.37. The van der Waals surface area contributed by atoms with Gasteiger partial charge in [-0.05, 0) is 57.2 Å². The number of amides is 1. The first kappa shape index (κ1) is 19.1. The Morgan fingerprint density at radius 2 is 1.88 bits per heavy atom. The van der Waals surface area contributed by atoms with Crippen LogP contribution in [0.5, 0.6) is 5.75 Å². The molecule has 1 N–H and O–H groups in total. The Balaban J connectivity index is 2.03. The summed E-state index contributed by atoms with van der Waals surface area (Å²) >= 11 is 0. The minimum absolute atomic E-state index is 0.00965. The van der Waals surface area contributed by atoms with Crippen LogP contribution in [0.4, 0.5) is 4.79 Å². The number of carboxylic acids is 1. The summed E-state index contributed by atoms with van der Waals surface area (Å²) in [5, 5.41) is 9.60. The molecule has 6 nitrogen and oxygen atoms in total. The van der Waals surface area contributed by atoms with Crippen molar-refractivity contribution in [1.82, 2.24) is 4.90 Å². The first-order chi connectivity index (χ1) is 11.7. The first-order valence-corrected chi connectivity index (χ1v) is 8.53. The number of aliphatic carboxylic acids is 1. The molecule has 1 amide bonds. The summed E-state index contributed by atoms with van der Waals surface area (Å²) in [6, 6.07) is 7.66. The van der Waals surface area contributed by atoms with Gasteiger partial charge in [-0.25, -0.2) is 4.79 Å². The molecular weight excluding hydrogens is 322 g/mol. The van der Waals surface area contributed by atoms with E-state index in [4.69, 9.17) is 9.47 Å². The lowest BCUT2D eigenvalue weighted by Crippen LogP contribution is -2.48. The Kier molecular flexibility index (Phi) is 5.93. The fourth-order valence-corrected chi connectivity index (χ4v) is 3.08. The smallest absolute Gasteiger partial charge is 0.410 e. The highest BCUT2D eigenvalue weighted by Crippen LogP contribution is 2.29. The summed E-state index contributed by atoms with van der Waals surface area (Å²) in [6.45, 7) is 6.10. The van der Waals surface area contributed by atoms with Crippen molar-refractivity contribution in [2.45, 2.75) is 39.2 Å². The van der Waals surface area contributed by atoms with Crippen LogP contribution in [0.25, 0.3) is 0 Å². The largest absolute Gasteiger partial charge is 0.497 e. The van der Waals surface area contributed by atoms with Crippen molar-refractivity contribution in [3.05, 3.63) is 29.8 Å². The zero-order valence-electron chi connectivity index (χ0n) is 15.3. The lowest BCUT2D eigenvalue weighted by Gasteiger charge is -2.37. The fraction of sp³-hybridized carbons (Fsp3) is 0.579. The quantitative estimate of drug-likeness (QED) is 0.903. The number of benzene rings is 1. The van der Waals surface area contributed by atoms with Gasteiger partial charge in [0.2, 0.25) is 0 Å². The lowest BCUT2D eigenvalue weighted by molar-refractivity contribution is -0.145. The molecule has 1 saturated heterocycles. The standard InChI is InChI=1S/C19H27NO5/c1-19(2,3)25-18(23)20-10-9-14(16(12-20)17(21)22)11-13-5-7-15(24-4)8-6-13/h5-8,14,16H,9-12H2,1-4H3,(H,21,22)/t14-,16-/m0/s1. The molecule has 1 aromatic rings. The van der Waals surface area contributed by atoms with Gasteiger partial charge in [-0.15, -0.1) is 0 Å². The Morgan fingerprint density at radius 1 is 1.24 bits per heavy atom. The molecular formula is C19H27NO5. The maximum Gasteiger partial charge on any atom is 0.410 e. The van der Waals surface area contributed by atoms with E-state index in [-0.39, 0.29) is 12.5 Å². The van der Waals surface area contributed by atoms with Gasteiger partial charge in [0, 0.05) is 13.1 Å². The van der Waals surface area contributed by atoms with Crippen LogP contribution < -0.4 is 4.74 Å². The predicted octanol–water partition coefficient (Wildman–Crippen LogP) is 3.20. The van der Waals surface area contributed by atoms with Gasteiger partial charge in [0.05, 0.1) is 13.0 Å². The molecule has 6 heteroatoms. The highest BCUT2D eigenvalue weighted by molar-refractivity contribution is 5.73. The number of piperidine rings is 1. The molecule has 0 aromatic heterocycles. The van der Waals surface area contributed by atoms with Crippen LogP contribution in [0.15, 0.2) is 24.3 Å². The van der Waals surface area contributed by atoms with Crippen LogP contribution in [0.1, 0.15) is 32.8 Å². The maximum absolute atomic E-state index is 12.2. The second kappa shape index (κ2) is 7.76. The Bertz CT molecular complexity index is 605. The van der Waals surface area contributed by atoms with E-state index in [0.29, 0.717) is 19.4 Å². The summed E-state index contributed by atoms with van der Waals surface area (Å²) in [4.78, 5) is 25.4. The molecule has 1 heterocycles. The topological polar surface area (TPSA) is 76.1 Å². The predicted molar refractivity (Wildman–Crippen MR) is 93.7 cm³/mol. The first-order valence-electron chi connectivity index (χ1n) is 8.53. The average Bonchev–Trinajstić information content (AvgIpc) is 2.54. The summed E-state index contributed by atoms with van der Waals surface area (Å²) < 4.78 is 10.5. The number of likely N-dealkylation sites (tertiary alicyclic amines) is 1. The van der Waals surface area contributed by atoms with Crippen molar-refractivity contribution in [3.8, 4) is 5.75 Å². The summed E-state index contributed by atoms with van der Waals surface area (Å²) in [5.74, 6) is -0.696. The van der Waals surface area contributed by atoms with Gasteiger partial charge in [0.15, 0.2) is 0 Å². The summed E-state index contributed by atoms with van der Waals surface area (Å²) in [7, 11) is 1.61. The Labute approximate surface area is 148 Å². The molecule has 1 aromatic carbocycles. The number of carboxylic acid groups (broad SMARTS) is 1. The van der Waals surface area contributed by atoms with Gasteiger partial charge >= 0.3 is 12.1 Å². The minimum atomic E-state index is -0.869. The van der Waals surface area contributed by atoms with Crippen LogP contribution >= 0.6 is 0 Å². The van der Waals surface area contributed by atoms with E-state index in [9.17, 15) is 14.7 Å². The van der Waals surface area contributed by atoms with Crippen molar-refractivity contribution in [2.75, 3.05) is 20.2 Å². The lowest BCUT2D eigenvalue weighted by atomic mass is 9.81. The number of methoxy groups -OCH3 is 1. The number of carbonyl (C=O) groups is 2. The molecule has 0 bridgehead atoms. The van der Waals surface area contributed by atoms with Crippen molar-refractivity contribution in [1.29, 1.82) is 0 Å². The van der Waals surface area contributed by atoms with Crippen LogP contribution in [0.2, 0.25) is 0 Å². The maximum atomic E-state index is 12.2. The molecule has 0 radical (unpaired) electrons. The molecule has 1 aliphatic rings. The van der Waals surface area contributed by atoms with Gasteiger partial charge in [-0.3, -0.25) is 4.79 Å². The van der Waals surface area contributed by atoms with Crippen molar-refractivity contribution in [2.24, 2.45) is 11.8 Å². The number of hydrogen-bond acceptors (Lipinski definition) is 4. The van der Waals surface area contributed by atoms with Crippen molar-refractivity contribution >= 4 is 12.1 Å². The molecule has 0 saturated carbocycles. The molecule has 2 rings (SSSR count). The third-order valence-corrected chi connectivity index (χ3v) is 4.38. The summed E-state index contributed by atoms with van der Waals surface area (Å²) in [6.07, 6.45) is 0.868. The Hall–Kier alpha value is -2.24. The molecule has 25 heavy (non-hydrogen) atoms. The van der Waals surface area contributed by atoms with Crippen molar-refractivity contribution in [3.63, 3.8) is 0 Å².